The number of rotatable bonds is 9. The van der Waals surface area contributed by atoms with E-state index in [1.165, 1.54) is 0 Å². The van der Waals surface area contributed by atoms with Crippen LogP contribution in [-0.2, 0) is 32.0 Å². The lowest BCUT2D eigenvalue weighted by Gasteiger charge is -2.14. The highest BCUT2D eigenvalue weighted by molar-refractivity contribution is 6.31. The van der Waals surface area contributed by atoms with Crippen molar-refractivity contribution in [3.05, 3.63) is 58.1 Å². The molecule has 0 fully saturated rings. The third kappa shape index (κ3) is 6.88. The van der Waals surface area contributed by atoms with Gasteiger partial charge in [0, 0.05) is 22.8 Å². The molecular formula is C23H27ClN2O4. The Labute approximate surface area is 182 Å². The summed E-state index contributed by atoms with van der Waals surface area (Å²) in [6.07, 6.45) is 1.39. The molecular weight excluding hydrogens is 404 g/mol. The van der Waals surface area contributed by atoms with Gasteiger partial charge in [-0.3, -0.25) is 14.4 Å². The molecule has 0 aliphatic heterocycles. The fourth-order valence-corrected chi connectivity index (χ4v) is 3.09. The molecule has 2 amide bonds. The van der Waals surface area contributed by atoms with Crippen LogP contribution in [0.1, 0.15) is 43.4 Å². The smallest absolute Gasteiger partial charge is 0.306 e. The summed E-state index contributed by atoms with van der Waals surface area (Å²) in [6, 6.07) is 11.1. The number of halogens is 1. The Kier molecular flexibility index (Phi) is 8.87. The Hall–Kier alpha value is -2.86. The molecule has 160 valence electrons. The van der Waals surface area contributed by atoms with Gasteiger partial charge in [-0.05, 0) is 48.6 Å². The summed E-state index contributed by atoms with van der Waals surface area (Å²) >= 11 is 6.03. The summed E-state index contributed by atoms with van der Waals surface area (Å²) in [6.45, 7) is 5.50. The average Bonchev–Trinajstić information content (AvgIpc) is 2.73. The zero-order chi connectivity index (χ0) is 22.1. The number of hydrogen-bond donors (Lipinski definition) is 2. The van der Waals surface area contributed by atoms with Gasteiger partial charge in [-0.25, -0.2) is 0 Å². The molecule has 0 saturated carbocycles. The van der Waals surface area contributed by atoms with E-state index in [0.29, 0.717) is 10.7 Å². The third-order valence-corrected chi connectivity index (χ3v) is 5.05. The Morgan fingerprint density at radius 2 is 1.60 bits per heavy atom. The molecule has 0 aliphatic carbocycles. The summed E-state index contributed by atoms with van der Waals surface area (Å²) < 4.78 is 5.01. The fraction of sp³-hybridized carbons (Fsp3) is 0.348. The van der Waals surface area contributed by atoms with E-state index in [4.69, 9.17) is 16.3 Å². The Morgan fingerprint density at radius 1 is 0.933 bits per heavy atom. The third-order valence-electron chi connectivity index (χ3n) is 4.64. The standard InChI is InChI=1S/C23H27ClN2O4/c1-4-16-7-6-8-17(5-2)23(16)26-21(28)14-30-22(29)12-11-20(27)25-18-10-9-15(3)19(24)13-18/h6-10,13H,4-5,11-12,14H2,1-3H3,(H,25,27)(H,26,28). The van der Waals surface area contributed by atoms with Crippen LogP contribution < -0.4 is 10.6 Å². The molecule has 0 radical (unpaired) electrons. The Morgan fingerprint density at radius 3 is 2.20 bits per heavy atom. The number of aryl methyl sites for hydroxylation is 3. The molecule has 2 aromatic rings. The van der Waals surface area contributed by atoms with E-state index in [1.54, 1.807) is 18.2 Å². The van der Waals surface area contributed by atoms with Crippen molar-refractivity contribution in [1.29, 1.82) is 0 Å². The van der Waals surface area contributed by atoms with Crippen LogP contribution in [-0.4, -0.2) is 24.4 Å². The molecule has 7 heteroatoms. The number of para-hydroxylation sites is 1. The van der Waals surface area contributed by atoms with Crippen LogP contribution in [0.5, 0.6) is 0 Å². The van der Waals surface area contributed by atoms with Crippen LogP contribution in [0.4, 0.5) is 11.4 Å². The summed E-state index contributed by atoms with van der Waals surface area (Å²) in [5, 5.41) is 6.06. The minimum atomic E-state index is -0.610. The van der Waals surface area contributed by atoms with E-state index < -0.39 is 18.5 Å². The van der Waals surface area contributed by atoms with Crippen molar-refractivity contribution in [3.8, 4) is 0 Å². The van der Waals surface area contributed by atoms with Gasteiger partial charge in [0.05, 0.1) is 6.42 Å². The molecule has 0 saturated heterocycles. The van der Waals surface area contributed by atoms with Crippen molar-refractivity contribution in [2.24, 2.45) is 0 Å². The lowest BCUT2D eigenvalue weighted by atomic mass is 10.0. The van der Waals surface area contributed by atoms with Gasteiger partial charge >= 0.3 is 5.97 Å². The second-order valence-electron chi connectivity index (χ2n) is 6.88. The van der Waals surface area contributed by atoms with E-state index in [0.717, 1.165) is 35.2 Å². The van der Waals surface area contributed by atoms with Gasteiger partial charge in [-0.15, -0.1) is 0 Å². The van der Waals surface area contributed by atoms with Crippen molar-refractivity contribution in [2.45, 2.75) is 46.5 Å². The van der Waals surface area contributed by atoms with Crippen LogP contribution >= 0.6 is 11.6 Å². The number of esters is 1. The molecule has 0 atom stereocenters. The maximum Gasteiger partial charge on any atom is 0.306 e. The quantitative estimate of drug-likeness (QED) is 0.566. The number of nitrogens with one attached hydrogen (secondary N) is 2. The molecule has 0 aromatic heterocycles. The molecule has 0 bridgehead atoms. The van der Waals surface area contributed by atoms with Crippen LogP contribution in [0.15, 0.2) is 36.4 Å². The van der Waals surface area contributed by atoms with E-state index in [-0.39, 0.29) is 18.7 Å². The number of carbonyl (C=O) groups excluding carboxylic acids is 3. The van der Waals surface area contributed by atoms with Crippen LogP contribution in [0.2, 0.25) is 5.02 Å². The molecule has 0 aliphatic rings. The van der Waals surface area contributed by atoms with Crippen molar-refractivity contribution >= 4 is 40.8 Å². The van der Waals surface area contributed by atoms with Crippen LogP contribution in [0.3, 0.4) is 0 Å². The Balaban J connectivity index is 1.78. The van der Waals surface area contributed by atoms with Crippen molar-refractivity contribution < 1.29 is 19.1 Å². The van der Waals surface area contributed by atoms with E-state index in [1.807, 2.05) is 39.0 Å². The molecule has 0 unspecified atom stereocenters. The molecule has 0 spiro atoms. The number of amides is 2. The fourth-order valence-electron chi connectivity index (χ4n) is 2.91. The minimum Gasteiger partial charge on any atom is -0.456 e. The van der Waals surface area contributed by atoms with Gasteiger partial charge in [-0.2, -0.15) is 0 Å². The average molecular weight is 431 g/mol. The predicted octanol–water partition coefficient (Wildman–Crippen LogP) is 4.67. The SMILES string of the molecule is CCc1cccc(CC)c1NC(=O)COC(=O)CCC(=O)Nc1ccc(C)c(Cl)c1. The molecule has 30 heavy (non-hydrogen) atoms. The highest BCUT2D eigenvalue weighted by Crippen LogP contribution is 2.22. The maximum atomic E-state index is 12.2. The first kappa shape index (κ1) is 23.4. The van der Waals surface area contributed by atoms with Crippen LogP contribution in [0, 0.1) is 6.92 Å². The van der Waals surface area contributed by atoms with Crippen molar-refractivity contribution in [3.63, 3.8) is 0 Å². The second-order valence-corrected chi connectivity index (χ2v) is 7.29. The van der Waals surface area contributed by atoms with Crippen molar-refractivity contribution in [1.82, 2.24) is 0 Å². The van der Waals surface area contributed by atoms with Gasteiger partial charge in [0.2, 0.25) is 5.91 Å². The summed E-state index contributed by atoms with van der Waals surface area (Å²) in [4.78, 5) is 36.1. The zero-order valence-electron chi connectivity index (χ0n) is 17.5. The summed E-state index contributed by atoms with van der Waals surface area (Å²) in [5.74, 6) is -1.35. The lowest BCUT2D eigenvalue weighted by molar-refractivity contribution is -0.147. The van der Waals surface area contributed by atoms with Gasteiger partial charge < -0.3 is 15.4 Å². The number of carbonyl (C=O) groups is 3. The van der Waals surface area contributed by atoms with Gasteiger partial charge in [0.25, 0.3) is 5.91 Å². The highest BCUT2D eigenvalue weighted by atomic mass is 35.5. The first-order chi connectivity index (χ1) is 14.3. The first-order valence-corrected chi connectivity index (χ1v) is 10.3. The highest BCUT2D eigenvalue weighted by Gasteiger charge is 2.13. The molecule has 0 heterocycles. The largest absolute Gasteiger partial charge is 0.456 e. The summed E-state index contributed by atoms with van der Waals surface area (Å²) in [7, 11) is 0. The normalized spacial score (nSPS) is 10.4. The van der Waals surface area contributed by atoms with E-state index in [9.17, 15) is 14.4 Å². The van der Waals surface area contributed by atoms with Crippen LogP contribution in [0.25, 0.3) is 0 Å². The maximum absolute atomic E-state index is 12.2. The van der Waals surface area contributed by atoms with Gasteiger partial charge in [0.1, 0.15) is 0 Å². The summed E-state index contributed by atoms with van der Waals surface area (Å²) in [5.41, 5.74) is 4.30. The monoisotopic (exact) mass is 430 g/mol. The molecule has 6 nitrogen and oxygen atoms in total. The number of anilines is 2. The number of benzene rings is 2. The lowest BCUT2D eigenvalue weighted by Crippen LogP contribution is -2.23. The van der Waals surface area contributed by atoms with Gasteiger partial charge in [0.15, 0.2) is 6.61 Å². The van der Waals surface area contributed by atoms with Crippen molar-refractivity contribution in [2.75, 3.05) is 17.2 Å². The Bertz CT molecular complexity index is 905. The van der Waals surface area contributed by atoms with E-state index in [2.05, 4.69) is 10.6 Å². The second kappa shape index (κ2) is 11.4. The topological polar surface area (TPSA) is 84.5 Å². The molecule has 2 rings (SSSR count). The zero-order valence-corrected chi connectivity index (χ0v) is 18.3. The van der Waals surface area contributed by atoms with Gasteiger partial charge in [-0.1, -0.05) is 49.7 Å². The number of ether oxygens (including phenoxy) is 1. The molecule has 2 N–H and O–H groups in total. The van der Waals surface area contributed by atoms with E-state index >= 15 is 0 Å². The molecule has 2 aromatic carbocycles. The minimum absolute atomic E-state index is 0.0510. The first-order valence-electron chi connectivity index (χ1n) is 9.96. The predicted molar refractivity (Wildman–Crippen MR) is 119 cm³/mol. The number of hydrogen-bond acceptors (Lipinski definition) is 4.